The molecular weight excluding hydrogens is 157 g/mol. The number of carbonyl (C=O) groups excluding carboxylic acids is 1. The fraction of sp³-hybridized carbons (Fsp3) is 0.750. The van der Waals surface area contributed by atoms with Crippen LogP contribution in [0.25, 0.3) is 0 Å². The lowest BCUT2D eigenvalue weighted by Gasteiger charge is -1.92. The first kappa shape index (κ1) is 9.65. The van der Waals surface area contributed by atoms with Crippen molar-refractivity contribution in [3.8, 4) is 0 Å². The highest BCUT2D eigenvalue weighted by Gasteiger charge is 2.16. The number of aliphatic hydroxyl groups excluding tert-OH is 1. The van der Waals surface area contributed by atoms with E-state index >= 15 is 0 Å². The molecule has 0 aromatic rings. The van der Waals surface area contributed by atoms with Crippen LogP contribution in [0.15, 0.2) is 0 Å². The Hall–Kier alpha value is -0.350. The number of ketones is 1. The van der Waals surface area contributed by atoms with E-state index in [0.717, 1.165) is 0 Å². The molecule has 10 heavy (non-hydrogen) atoms. The Morgan fingerprint density at radius 1 is 1.60 bits per heavy atom. The van der Waals surface area contributed by atoms with Crippen molar-refractivity contribution in [3.63, 3.8) is 0 Å². The summed E-state index contributed by atoms with van der Waals surface area (Å²) in [5.74, 6) is -0.377. The second-order valence-electron chi connectivity index (χ2n) is 1.63. The van der Waals surface area contributed by atoms with Gasteiger partial charge in [0, 0.05) is 0 Å². The standard InChI is InChI=1S/C4H8NO4P/c6-3-5-1-4(7)2-10(8)9/h5-6H,1-3H2/p+1. The maximum atomic E-state index is 10.5. The molecule has 0 rings (SSSR count). The van der Waals surface area contributed by atoms with Crippen molar-refractivity contribution in [2.75, 3.05) is 19.4 Å². The van der Waals surface area contributed by atoms with E-state index in [2.05, 4.69) is 5.32 Å². The van der Waals surface area contributed by atoms with Gasteiger partial charge < -0.3 is 5.11 Å². The minimum absolute atomic E-state index is 0.0574. The number of carbonyl (C=O) groups is 1. The van der Waals surface area contributed by atoms with Crippen molar-refractivity contribution in [1.29, 1.82) is 0 Å². The molecule has 5 nitrogen and oxygen atoms in total. The van der Waals surface area contributed by atoms with E-state index < -0.39 is 8.03 Å². The Balaban J connectivity index is 3.35. The fourth-order valence-electron chi connectivity index (χ4n) is 0.402. The first-order valence-corrected chi connectivity index (χ1v) is 4.03. The predicted molar refractivity (Wildman–Crippen MR) is 34.8 cm³/mol. The molecule has 0 radical (unpaired) electrons. The predicted octanol–water partition coefficient (Wildman–Crippen LogP) is -1.17. The van der Waals surface area contributed by atoms with Crippen LogP contribution in [0.3, 0.4) is 0 Å². The lowest BCUT2D eigenvalue weighted by molar-refractivity contribution is -0.116. The molecule has 3 N–H and O–H groups in total. The zero-order valence-corrected chi connectivity index (χ0v) is 6.17. The number of rotatable bonds is 5. The summed E-state index contributed by atoms with van der Waals surface area (Å²) >= 11 is 0. The summed E-state index contributed by atoms with van der Waals surface area (Å²) in [6.45, 7) is -0.355. The summed E-state index contributed by atoms with van der Waals surface area (Å²) in [6, 6.07) is 0. The molecule has 1 atom stereocenters. The first-order valence-electron chi connectivity index (χ1n) is 2.63. The summed E-state index contributed by atoms with van der Waals surface area (Å²) in [5, 5.41) is 10.5. The second-order valence-corrected chi connectivity index (χ2v) is 2.65. The minimum atomic E-state index is -2.38. The van der Waals surface area contributed by atoms with Crippen molar-refractivity contribution in [2.45, 2.75) is 0 Å². The first-order chi connectivity index (χ1) is 4.66. The Kier molecular flexibility index (Phi) is 5.25. The third-order valence-electron chi connectivity index (χ3n) is 0.746. The molecule has 0 saturated heterocycles. The van der Waals surface area contributed by atoms with E-state index in [4.69, 9.17) is 10.00 Å². The van der Waals surface area contributed by atoms with Gasteiger partial charge in [0.15, 0.2) is 5.78 Å². The van der Waals surface area contributed by atoms with Crippen LogP contribution in [0.4, 0.5) is 0 Å². The molecule has 0 amide bonds. The topological polar surface area (TPSA) is 86.6 Å². The van der Waals surface area contributed by atoms with Gasteiger partial charge in [-0.15, -0.1) is 0 Å². The van der Waals surface area contributed by atoms with Gasteiger partial charge in [-0.05, 0) is 4.57 Å². The van der Waals surface area contributed by atoms with Crippen LogP contribution in [0.5, 0.6) is 0 Å². The third kappa shape index (κ3) is 5.78. The number of hydrogen-bond donors (Lipinski definition) is 3. The van der Waals surface area contributed by atoms with E-state index in [-0.39, 0.29) is 25.2 Å². The Labute approximate surface area is 58.9 Å². The molecule has 1 unspecified atom stereocenters. The molecule has 0 aromatic heterocycles. The van der Waals surface area contributed by atoms with Gasteiger partial charge in [0.1, 0.15) is 0 Å². The molecule has 0 aliphatic heterocycles. The van der Waals surface area contributed by atoms with Gasteiger partial charge in [0.2, 0.25) is 6.16 Å². The SMILES string of the molecule is O=C(CNCO)C[P+](=O)O. The Morgan fingerprint density at radius 3 is 2.60 bits per heavy atom. The van der Waals surface area contributed by atoms with Crippen LogP contribution in [-0.2, 0) is 9.36 Å². The molecule has 0 saturated carbocycles. The molecule has 0 spiro atoms. The third-order valence-corrected chi connectivity index (χ3v) is 1.37. The van der Waals surface area contributed by atoms with Crippen molar-refractivity contribution in [2.24, 2.45) is 0 Å². The lowest BCUT2D eigenvalue weighted by atomic mass is 10.4. The number of aliphatic hydroxyl groups is 1. The van der Waals surface area contributed by atoms with Crippen molar-refractivity contribution >= 4 is 13.8 Å². The molecule has 6 heteroatoms. The van der Waals surface area contributed by atoms with Gasteiger partial charge in [0.05, 0.1) is 13.3 Å². The summed E-state index contributed by atoms with van der Waals surface area (Å²) in [7, 11) is -2.38. The minimum Gasteiger partial charge on any atom is -0.381 e. The smallest absolute Gasteiger partial charge is 0.381 e. The molecule has 0 aliphatic carbocycles. The highest BCUT2D eigenvalue weighted by atomic mass is 31.1. The van der Waals surface area contributed by atoms with E-state index in [1.165, 1.54) is 0 Å². The molecule has 58 valence electrons. The average molecular weight is 166 g/mol. The molecular formula is C4H9NO4P+. The maximum Gasteiger partial charge on any atom is 0.513 e. The zero-order valence-electron chi connectivity index (χ0n) is 5.28. The van der Waals surface area contributed by atoms with Gasteiger partial charge in [-0.3, -0.25) is 10.1 Å². The van der Waals surface area contributed by atoms with Crippen molar-refractivity contribution in [1.82, 2.24) is 5.32 Å². The molecule has 0 aromatic carbocycles. The van der Waals surface area contributed by atoms with Gasteiger partial charge in [-0.1, -0.05) is 0 Å². The lowest BCUT2D eigenvalue weighted by Crippen LogP contribution is -2.24. The number of hydrogen-bond acceptors (Lipinski definition) is 4. The van der Waals surface area contributed by atoms with Gasteiger partial charge in [0.25, 0.3) is 0 Å². The number of nitrogens with one attached hydrogen (secondary N) is 1. The largest absolute Gasteiger partial charge is 0.513 e. The normalized spacial score (nSPS) is 11.2. The van der Waals surface area contributed by atoms with Crippen LogP contribution in [-0.4, -0.2) is 35.2 Å². The maximum absolute atomic E-state index is 10.5. The zero-order chi connectivity index (χ0) is 7.98. The number of Topliss-reactive ketones (excluding diaryl/α,β-unsaturated/α-hetero) is 1. The van der Waals surface area contributed by atoms with Gasteiger partial charge in [-0.2, -0.15) is 4.89 Å². The monoisotopic (exact) mass is 166 g/mol. The summed E-state index contributed by atoms with van der Waals surface area (Å²) in [6.07, 6.45) is -0.345. The van der Waals surface area contributed by atoms with Crippen LogP contribution < -0.4 is 5.32 Å². The Bertz CT molecular complexity index is 137. The summed E-state index contributed by atoms with van der Waals surface area (Å²) in [5.41, 5.74) is 0. The van der Waals surface area contributed by atoms with Gasteiger partial charge >= 0.3 is 8.03 Å². The van der Waals surface area contributed by atoms with Crippen LogP contribution in [0.1, 0.15) is 0 Å². The molecule has 0 bridgehead atoms. The highest BCUT2D eigenvalue weighted by molar-refractivity contribution is 7.39. The average Bonchev–Trinajstić information content (AvgIpc) is 1.82. The molecule has 0 fully saturated rings. The van der Waals surface area contributed by atoms with Crippen LogP contribution in [0.2, 0.25) is 0 Å². The van der Waals surface area contributed by atoms with E-state index in [1.54, 1.807) is 0 Å². The van der Waals surface area contributed by atoms with E-state index in [0.29, 0.717) is 0 Å². The highest BCUT2D eigenvalue weighted by Crippen LogP contribution is 2.10. The van der Waals surface area contributed by atoms with E-state index in [9.17, 15) is 9.36 Å². The van der Waals surface area contributed by atoms with Crippen molar-refractivity contribution in [3.05, 3.63) is 0 Å². The Morgan fingerprint density at radius 2 is 2.20 bits per heavy atom. The van der Waals surface area contributed by atoms with E-state index in [1.807, 2.05) is 0 Å². The molecule has 0 aliphatic rings. The second kappa shape index (κ2) is 5.44. The van der Waals surface area contributed by atoms with Crippen LogP contribution in [0, 0.1) is 0 Å². The van der Waals surface area contributed by atoms with Crippen molar-refractivity contribution < 1.29 is 19.4 Å². The molecule has 0 heterocycles. The van der Waals surface area contributed by atoms with Gasteiger partial charge in [-0.25, -0.2) is 0 Å². The quantitative estimate of drug-likeness (QED) is 0.354. The van der Waals surface area contributed by atoms with Crippen LogP contribution >= 0.6 is 8.03 Å². The fourth-order valence-corrected chi connectivity index (χ4v) is 0.816. The summed E-state index contributed by atoms with van der Waals surface area (Å²) < 4.78 is 10.0. The summed E-state index contributed by atoms with van der Waals surface area (Å²) in [4.78, 5) is 18.7.